The summed E-state index contributed by atoms with van der Waals surface area (Å²) in [6, 6.07) is 5.99. The molecule has 5 nitrogen and oxygen atoms in total. The monoisotopic (exact) mass is 315 g/mol. The maximum Gasteiger partial charge on any atom is 0.161 e. The third kappa shape index (κ3) is 4.66. The Kier molecular flexibility index (Phi) is 5.93. The highest BCUT2D eigenvalue weighted by Crippen LogP contribution is 2.28. The van der Waals surface area contributed by atoms with Gasteiger partial charge in [0.15, 0.2) is 11.5 Å². The fourth-order valence-corrected chi connectivity index (χ4v) is 2.40. The van der Waals surface area contributed by atoms with Crippen LogP contribution in [0.5, 0.6) is 11.5 Å². The fourth-order valence-electron chi connectivity index (χ4n) is 2.40. The summed E-state index contributed by atoms with van der Waals surface area (Å²) in [6.45, 7) is 5.80. The van der Waals surface area contributed by atoms with E-state index in [1.54, 1.807) is 14.2 Å². The molecule has 5 heteroatoms. The summed E-state index contributed by atoms with van der Waals surface area (Å²) in [6.07, 6.45) is 3.82. The van der Waals surface area contributed by atoms with Gasteiger partial charge in [0.25, 0.3) is 0 Å². The van der Waals surface area contributed by atoms with Gasteiger partial charge in [0.05, 0.1) is 14.2 Å². The minimum absolute atomic E-state index is 0.355. The Labute approximate surface area is 138 Å². The third-order valence-corrected chi connectivity index (χ3v) is 3.59. The Balaban J connectivity index is 2.00. The van der Waals surface area contributed by atoms with Crippen molar-refractivity contribution >= 4 is 0 Å². The van der Waals surface area contributed by atoms with E-state index in [1.807, 2.05) is 24.5 Å². The van der Waals surface area contributed by atoms with Gasteiger partial charge in [-0.25, -0.2) is 9.97 Å². The summed E-state index contributed by atoms with van der Waals surface area (Å²) in [5, 5.41) is 0. The number of rotatable bonds is 7. The minimum atomic E-state index is 0.355. The Morgan fingerprint density at radius 2 is 1.57 bits per heavy atom. The van der Waals surface area contributed by atoms with Gasteiger partial charge in [-0.2, -0.15) is 0 Å². The molecule has 0 atom stereocenters. The van der Waals surface area contributed by atoms with E-state index in [-0.39, 0.29) is 0 Å². The first-order valence-corrected chi connectivity index (χ1v) is 7.73. The molecule has 0 spiro atoms. The Bertz CT molecular complexity index is 627. The first-order valence-electron chi connectivity index (χ1n) is 7.73. The number of hydrogen-bond acceptors (Lipinski definition) is 5. The van der Waals surface area contributed by atoms with Crippen LogP contribution in [-0.4, -0.2) is 36.1 Å². The van der Waals surface area contributed by atoms with E-state index in [9.17, 15) is 0 Å². The standard InChI is InChI=1S/C18H25N3O2/c1-13(2)18-19-9-15(10-20-18)12-21(3)11-14-6-7-16(22-4)17(8-14)23-5/h6-10,13H,11-12H2,1-5H3. The smallest absolute Gasteiger partial charge is 0.161 e. The summed E-state index contributed by atoms with van der Waals surface area (Å²) in [5.74, 6) is 2.74. The number of ether oxygens (including phenoxy) is 2. The molecule has 0 N–H and O–H groups in total. The van der Waals surface area contributed by atoms with Crippen LogP contribution in [0, 0.1) is 0 Å². The molecule has 0 amide bonds. The summed E-state index contributed by atoms with van der Waals surface area (Å²) < 4.78 is 10.6. The van der Waals surface area contributed by atoms with Crippen molar-refractivity contribution in [2.45, 2.75) is 32.9 Å². The molecule has 0 aliphatic carbocycles. The molecule has 1 heterocycles. The van der Waals surface area contributed by atoms with E-state index >= 15 is 0 Å². The number of hydrogen-bond donors (Lipinski definition) is 0. The maximum absolute atomic E-state index is 5.35. The molecule has 0 aliphatic rings. The molecule has 0 saturated heterocycles. The van der Waals surface area contributed by atoms with Gasteiger partial charge < -0.3 is 9.47 Å². The predicted molar refractivity (Wildman–Crippen MR) is 90.8 cm³/mol. The Morgan fingerprint density at radius 1 is 0.957 bits per heavy atom. The second-order valence-corrected chi connectivity index (χ2v) is 5.97. The van der Waals surface area contributed by atoms with Crippen LogP contribution in [0.2, 0.25) is 0 Å². The molecule has 0 aliphatic heterocycles. The lowest BCUT2D eigenvalue weighted by Crippen LogP contribution is -2.17. The predicted octanol–water partition coefficient (Wildman–Crippen LogP) is 3.25. The SMILES string of the molecule is COc1ccc(CN(C)Cc2cnc(C(C)C)nc2)cc1OC. The van der Waals surface area contributed by atoms with Gasteiger partial charge in [-0.05, 0) is 24.7 Å². The topological polar surface area (TPSA) is 47.5 Å². The largest absolute Gasteiger partial charge is 0.493 e. The Hall–Kier alpha value is -2.14. The molecular weight excluding hydrogens is 290 g/mol. The number of aromatic nitrogens is 2. The van der Waals surface area contributed by atoms with Crippen molar-refractivity contribution in [3.05, 3.63) is 47.5 Å². The van der Waals surface area contributed by atoms with Crippen LogP contribution < -0.4 is 9.47 Å². The lowest BCUT2D eigenvalue weighted by Gasteiger charge is -2.18. The molecule has 23 heavy (non-hydrogen) atoms. The van der Waals surface area contributed by atoms with Gasteiger partial charge >= 0.3 is 0 Å². The van der Waals surface area contributed by atoms with Crippen LogP contribution in [-0.2, 0) is 13.1 Å². The minimum Gasteiger partial charge on any atom is -0.493 e. The van der Waals surface area contributed by atoms with E-state index in [0.717, 1.165) is 36.0 Å². The highest BCUT2D eigenvalue weighted by Gasteiger charge is 2.08. The van der Waals surface area contributed by atoms with Crippen LogP contribution in [0.25, 0.3) is 0 Å². The molecule has 124 valence electrons. The average molecular weight is 315 g/mol. The van der Waals surface area contributed by atoms with Crippen molar-refractivity contribution in [1.29, 1.82) is 0 Å². The van der Waals surface area contributed by atoms with Crippen LogP contribution in [0.1, 0.15) is 36.7 Å². The second-order valence-electron chi connectivity index (χ2n) is 5.97. The second kappa shape index (κ2) is 7.92. The van der Waals surface area contributed by atoms with Crippen LogP contribution in [0.15, 0.2) is 30.6 Å². The molecule has 2 aromatic rings. The first-order chi connectivity index (χ1) is 11.0. The van der Waals surface area contributed by atoms with E-state index in [2.05, 4.69) is 41.8 Å². The normalized spacial score (nSPS) is 11.1. The number of nitrogens with zero attached hydrogens (tertiary/aromatic N) is 3. The molecule has 0 unspecified atom stereocenters. The van der Waals surface area contributed by atoms with Crippen molar-refractivity contribution in [1.82, 2.24) is 14.9 Å². The van der Waals surface area contributed by atoms with Gasteiger partial charge in [-0.15, -0.1) is 0 Å². The van der Waals surface area contributed by atoms with Gasteiger partial charge in [0, 0.05) is 37.0 Å². The van der Waals surface area contributed by atoms with Crippen molar-refractivity contribution in [2.24, 2.45) is 0 Å². The van der Waals surface area contributed by atoms with Crippen LogP contribution in [0.4, 0.5) is 0 Å². The lowest BCUT2D eigenvalue weighted by molar-refractivity contribution is 0.315. The van der Waals surface area contributed by atoms with Crippen LogP contribution >= 0.6 is 0 Å². The number of benzene rings is 1. The van der Waals surface area contributed by atoms with E-state index in [4.69, 9.17) is 9.47 Å². The molecule has 0 bridgehead atoms. The molecule has 0 fully saturated rings. The van der Waals surface area contributed by atoms with Crippen molar-refractivity contribution in [2.75, 3.05) is 21.3 Å². The molecule has 1 aromatic carbocycles. The van der Waals surface area contributed by atoms with Crippen molar-refractivity contribution in [3.63, 3.8) is 0 Å². The van der Waals surface area contributed by atoms with Gasteiger partial charge in [0.2, 0.25) is 0 Å². The zero-order valence-electron chi connectivity index (χ0n) is 14.5. The number of methoxy groups -OCH3 is 2. The fraction of sp³-hybridized carbons (Fsp3) is 0.444. The summed E-state index contributed by atoms with van der Waals surface area (Å²) in [7, 11) is 5.37. The highest BCUT2D eigenvalue weighted by atomic mass is 16.5. The van der Waals surface area contributed by atoms with Gasteiger partial charge in [0.1, 0.15) is 5.82 Å². The lowest BCUT2D eigenvalue weighted by atomic mass is 10.2. The molecule has 0 saturated carbocycles. The highest BCUT2D eigenvalue weighted by molar-refractivity contribution is 5.42. The molecule has 1 aromatic heterocycles. The molecule has 0 radical (unpaired) electrons. The zero-order valence-corrected chi connectivity index (χ0v) is 14.5. The van der Waals surface area contributed by atoms with E-state index in [0.29, 0.717) is 5.92 Å². The average Bonchev–Trinajstić information content (AvgIpc) is 2.55. The van der Waals surface area contributed by atoms with E-state index < -0.39 is 0 Å². The Morgan fingerprint density at radius 3 is 2.13 bits per heavy atom. The summed E-state index contributed by atoms with van der Waals surface area (Å²) >= 11 is 0. The van der Waals surface area contributed by atoms with Gasteiger partial charge in [-0.1, -0.05) is 19.9 Å². The van der Waals surface area contributed by atoms with E-state index in [1.165, 1.54) is 5.56 Å². The zero-order chi connectivity index (χ0) is 16.8. The molecular formula is C18H25N3O2. The van der Waals surface area contributed by atoms with Gasteiger partial charge in [-0.3, -0.25) is 4.90 Å². The summed E-state index contributed by atoms with van der Waals surface area (Å²) in [5.41, 5.74) is 2.28. The van der Waals surface area contributed by atoms with Crippen LogP contribution in [0.3, 0.4) is 0 Å². The quantitative estimate of drug-likeness (QED) is 0.785. The van der Waals surface area contributed by atoms with Crippen molar-refractivity contribution in [3.8, 4) is 11.5 Å². The molecule has 2 rings (SSSR count). The first kappa shape index (κ1) is 17.2. The third-order valence-electron chi connectivity index (χ3n) is 3.59. The maximum atomic E-state index is 5.35. The van der Waals surface area contributed by atoms with Crippen molar-refractivity contribution < 1.29 is 9.47 Å². The summed E-state index contributed by atoms with van der Waals surface area (Å²) in [4.78, 5) is 11.0.